The van der Waals surface area contributed by atoms with E-state index < -0.39 is 0 Å². The minimum atomic E-state index is 0.556. The van der Waals surface area contributed by atoms with Gasteiger partial charge in [0.15, 0.2) is 17.5 Å². The summed E-state index contributed by atoms with van der Waals surface area (Å²) in [6.07, 6.45) is 0. The maximum Gasteiger partial charge on any atom is 0.238 e. The molecular weight excluding hydrogens is 831 g/mol. The van der Waals surface area contributed by atoms with Gasteiger partial charge < -0.3 is 4.57 Å². The molecule has 9 aromatic carbocycles. The molecule has 0 spiro atoms. The van der Waals surface area contributed by atoms with Gasteiger partial charge in [-0.3, -0.25) is 4.57 Å². The van der Waals surface area contributed by atoms with Crippen LogP contribution in [-0.4, -0.2) is 34.1 Å². The third-order valence-corrected chi connectivity index (χ3v) is 12.8. The second-order valence-electron chi connectivity index (χ2n) is 16.9. The Morgan fingerprint density at radius 1 is 0.265 bits per heavy atom. The van der Waals surface area contributed by atoms with Gasteiger partial charge in [-0.2, -0.15) is 9.97 Å². The number of aromatic nitrogens is 7. The molecule has 0 amide bonds. The van der Waals surface area contributed by atoms with Crippen LogP contribution in [0.4, 0.5) is 0 Å². The van der Waals surface area contributed by atoms with Gasteiger partial charge in [0.05, 0.1) is 39.1 Å². The van der Waals surface area contributed by atoms with Crippen LogP contribution in [0.15, 0.2) is 237 Å². The lowest BCUT2D eigenvalue weighted by Crippen LogP contribution is -2.06. The zero-order valence-electron chi connectivity index (χ0n) is 36.6. The van der Waals surface area contributed by atoms with Gasteiger partial charge in [0.25, 0.3) is 0 Å². The minimum absolute atomic E-state index is 0.556. The lowest BCUT2D eigenvalue weighted by Gasteiger charge is -2.15. The highest BCUT2D eigenvalue weighted by atomic mass is 15.2. The summed E-state index contributed by atoms with van der Waals surface area (Å²) in [6.45, 7) is 0. The molecule has 0 radical (unpaired) electrons. The number of para-hydroxylation sites is 3. The molecule has 0 aliphatic carbocycles. The normalized spacial score (nSPS) is 11.5. The fourth-order valence-electron chi connectivity index (χ4n) is 9.69. The third kappa shape index (κ3) is 6.64. The molecule has 0 atom stereocenters. The summed E-state index contributed by atoms with van der Waals surface area (Å²) in [4.78, 5) is 26.0. The summed E-state index contributed by atoms with van der Waals surface area (Å²) in [7, 11) is 0. The quantitative estimate of drug-likeness (QED) is 0.152. The summed E-state index contributed by atoms with van der Waals surface area (Å²) < 4.78 is 4.60. The van der Waals surface area contributed by atoms with Gasteiger partial charge in [0.2, 0.25) is 5.95 Å². The molecule has 0 saturated carbocycles. The van der Waals surface area contributed by atoms with Crippen molar-refractivity contribution in [3.05, 3.63) is 237 Å². The second-order valence-corrected chi connectivity index (χ2v) is 16.9. The first-order valence-corrected chi connectivity index (χ1v) is 22.8. The van der Waals surface area contributed by atoms with Crippen LogP contribution in [0.2, 0.25) is 0 Å². The van der Waals surface area contributed by atoms with Crippen molar-refractivity contribution in [1.82, 2.24) is 34.1 Å². The molecular formula is C61H39N7. The number of fused-ring (bicyclic) bond motifs is 7. The number of rotatable bonds is 8. The van der Waals surface area contributed by atoms with E-state index in [1.165, 1.54) is 5.56 Å². The number of hydrogen-bond acceptors (Lipinski definition) is 5. The number of nitrogens with zero attached hydrogens (tertiary/aromatic N) is 7. The fraction of sp³-hybridized carbons (Fsp3) is 0. The van der Waals surface area contributed by atoms with Crippen LogP contribution in [0.5, 0.6) is 0 Å². The Hall–Kier alpha value is -9.33. The van der Waals surface area contributed by atoms with Crippen molar-refractivity contribution in [3.63, 3.8) is 0 Å². The molecule has 7 heteroatoms. The second kappa shape index (κ2) is 16.3. The molecule has 0 N–H and O–H groups in total. The third-order valence-electron chi connectivity index (χ3n) is 12.8. The molecule has 0 saturated heterocycles. The van der Waals surface area contributed by atoms with Crippen molar-refractivity contribution >= 4 is 43.6 Å². The van der Waals surface area contributed by atoms with Crippen molar-refractivity contribution < 1.29 is 0 Å². The Bertz CT molecular complexity index is 3940. The molecule has 0 aliphatic heterocycles. The molecule has 4 aromatic heterocycles. The zero-order valence-corrected chi connectivity index (χ0v) is 36.6. The van der Waals surface area contributed by atoms with Crippen molar-refractivity contribution in [3.8, 4) is 79.4 Å². The Morgan fingerprint density at radius 2 is 0.676 bits per heavy atom. The fourth-order valence-corrected chi connectivity index (χ4v) is 9.69. The molecule has 318 valence electrons. The number of benzene rings is 9. The van der Waals surface area contributed by atoms with E-state index in [1.54, 1.807) is 0 Å². The lowest BCUT2D eigenvalue weighted by molar-refractivity contribution is 0.953. The van der Waals surface area contributed by atoms with Gasteiger partial charge in [-0.15, -0.1) is 0 Å². The predicted molar refractivity (Wildman–Crippen MR) is 277 cm³/mol. The van der Waals surface area contributed by atoms with E-state index in [0.29, 0.717) is 23.4 Å². The van der Waals surface area contributed by atoms with E-state index in [1.807, 2.05) is 72.8 Å². The highest BCUT2D eigenvalue weighted by molar-refractivity contribution is 6.29. The molecule has 13 rings (SSSR count). The first-order valence-electron chi connectivity index (χ1n) is 22.8. The van der Waals surface area contributed by atoms with Crippen molar-refractivity contribution in [2.24, 2.45) is 0 Å². The van der Waals surface area contributed by atoms with Crippen LogP contribution in [0.25, 0.3) is 123 Å². The monoisotopic (exact) mass is 869 g/mol. The summed E-state index contributed by atoms with van der Waals surface area (Å²) in [5.74, 6) is 2.45. The average Bonchev–Trinajstić information content (AvgIpc) is 3.94. The molecule has 0 fully saturated rings. The molecule has 0 bridgehead atoms. The summed E-state index contributed by atoms with van der Waals surface area (Å²) in [6, 6.07) is 82.1. The van der Waals surface area contributed by atoms with Crippen LogP contribution in [0, 0.1) is 0 Å². The van der Waals surface area contributed by atoms with Crippen LogP contribution in [-0.2, 0) is 0 Å². The topological polar surface area (TPSA) is 74.3 Å². The zero-order chi connectivity index (χ0) is 45.0. The first-order chi connectivity index (χ1) is 33.7. The summed E-state index contributed by atoms with van der Waals surface area (Å²) in [5.41, 5.74) is 14.0. The Balaban J connectivity index is 1.03. The molecule has 0 aliphatic rings. The smallest absolute Gasteiger partial charge is 0.238 e. The maximum absolute atomic E-state index is 5.37. The van der Waals surface area contributed by atoms with Crippen LogP contribution < -0.4 is 0 Å². The van der Waals surface area contributed by atoms with E-state index in [-0.39, 0.29) is 0 Å². The summed E-state index contributed by atoms with van der Waals surface area (Å²) in [5, 5.41) is 4.53. The molecule has 68 heavy (non-hydrogen) atoms. The first kappa shape index (κ1) is 39.1. The van der Waals surface area contributed by atoms with Crippen molar-refractivity contribution in [2.75, 3.05) is 0 Å². The standard InChI is InChI=1S/C61H39N7/c1-5-19-40(20-6-1)41-33-35-45(36-34-41)58-62-49(42-21-7-2-8-22-42)39-50(63-58)46-27-13-16-30-51(46)67-52-31-17-14-28-47(52)56-54(67)37-38-55-57(56)48-29-15-18-32-53(48)68(55)61-65-59(43-23-9-3-10-24-43)64-60(66-61)44-25-11-4-12-26-44/h1-39H. The lowest BCUT2D eigenvalue weighted by atomic mass is 10.0. The maximum atomic E-state index is 5.37. The number of hydrogen-bond donors (Lipinski definition) is 0. The van der Waals surface area contributed by atoms with Gasteiger partial charge in [0, 0.05) is 49.4 Å². The molecule has 4 heterocycles. The van der Waals surface area contributed by atoms with E-state index in [9.17, 15) is 0 Å². The molecule has 13 aromatic rings. The van der Waals surface area contributed by atoms with Gasteiger partial charge >= 0.3 is 0 Å². The van der Waals surface area contributed by atoms with Gasteiger partial charge in [0.1, 0.15) is 0 Å². The largest absolute Gasteiger partial charge is 0.309 e. The van der Waals surface area contributed by atoms with Crippen LogP contribution >= 0.6 is 0 Å². The van der Waals surface area contributed by atoms with E-state index in [4.69, 9.17) is 24.9 Å². The molecule has 0 unspecified atom stereocenters. The van der Waals surface area contributed by atoms with Gasteiger partial charge in [-0.1, -0.05) is 200 Å². The molecule has 7 nitrogen and oxygen atoms in total. The Labute approximate surface area is 392 Å². The highest BCUT2D eigenvalue weighted by Crippen LogP contribution is 2.44. The average molecular weight is 870 g/mol. The Morgan fingerprint density at radius 3 is 1.28 bits per heavy atom. The van der Waals surface area contributed by atoms with E-state index >= 15 is 0 Å². The minimum Gasteiger partial charge on any atom is -0.309 e. The van der Waals surface area contributed by atoms with Crippen LogP contribution in [0.1, 0.15) is 0 Å². The Kier molecular flexibility index (Phi) is 9.35. The highest BCUT2D eigenvalue weighted by Gasteiger charge is 2.24. The summed E-state index contributed by atoms with van der Waals surface area (Å²) >= 11 is 0. The van der Waals surface area contributed by atoms with Crippen molar-refractivity contribution in [2.45, 2.75) is 0 Å². The van der Waals surface area contributed by atoms with Crippen molar-refractivity contribution in [1.29, 1.82) is 0 Å². The van der Waals surface area contributed by atoms with Gasteiger partial charge in [-0.25, -0.2) is 15.0 Å². The van der Waals surface area contributed by atoms with E-state index in [0.717, 1.165) is 94.1 Å². The van der Waals surface area contributed by atoms with Crippen LogP contribution in [0.3, 0.4) is 0 Å². The van der Waals surface area contributed by atoms with E-state index in [2.05, 4.69) is 173 Å². The SMILES string of the molecule is c1ccc(-c2ccc(-c3nc(-c4ccccc4)cc(-c4ccccc4-n4c5ccccc5c5c6c7ccccc7n(-c7nc(-c8ccccc8)nc(-c8ccccc8)n7)c6ccc54)n3)cc2)cc1. The predicted octanol–water partition coefficient (Wildman–Crippen LogP) is 14.9. The van der Waals surface area contributed by atoms with Gasteiger partial charge in [-0.05, 0) is 47.5 Å².